The molecule has 1 fully saturated rings. The van der Waals surface area contributed by atoms with E-state index in [0.717, 1.165) is 5.56 Å². The van der Waals surface area contributed by atoms with Crippen molar-refractivity contribution in [1.82, 2.24) is 4.90 Å². The van der Waals surface area contributed by atoms with Gasteiger partial charge in [0, 0.05) is 29.5 Å². The quantitative estimate of drug-likeness (QED) is 0.801. The summed E-state index contributed by atoms with van der Waals surface area (Å²) in [7, 11) is 0. The number of likely N-dealkylation sites (tertiary alicyclic amines) is 1. The van der Waals surface area contributed by atoms with Crippen LogP contribution >= 0.6 is 0 Å². The predicted octanol–water partition coefficient (Wildman–Crippen LogP) is 2.89. The molecule has 0 bridgehead atoms. The first-order valence-electron chi connectivity index (χ1n) is 7.80. The highest BCUT2D eigenvalue weighted by atomic mass is 16.2. The highest BCUT2D eigenvalue weighted by Crippen LogP contribution is 2.48. The van der Waals surface area contributed by atoms with Crippen LogP contribution in [0, 0.1) is 29.1 Å². The van der Waals surface area contributed by atoms with Crippen LogP contribution in [0.4, 0.5) is 0 Å². The number of carbonyl (C=O) groups is 2. The number of hydrogen-bond donors (Lipinski definition) is 0. The topological polar surface area (TPSA) is 61.2 Å². The van der Waals surface area contributed by atoms with Crippen molar-refractivity contribution in [3.63, 3.8) is 0 Å². The van der Waals surface area contributed by atoms with Gasteiger partial charge in [0.05, 0.1) is 5.57 Å². The second-order valence-electron chi connectivity index (χ2n) is 7.45. The molecule has 1 aromatic rings. The van der Waals surface area contributed by atoms with E-state index in [1.807, 2.05) is 51.1 Å². The molecule has 118 valence electrons. The molecule has 1 saturated heterocycles. The molecule has 0 unspecified atom stereocenters. The van der Waals surface area contributed by atoms with Crippen molar-refractivity contribution in [2.24, 2.45) is 10.8 Å². The molecular formula is C19H20N2O2. The summed E-state index contributed by atoms with van der Waals surface area (Å²) < 4.78 is 0. The van der Waals surface area contributed by atoms with Crippen LogP contribution in [0.5, 0.6) is 0 Å². The Hall–Kier alpha value is -2.41. The summed E-state index contributed by atoms with van der Waals surface area (Å²) in [4.78, 5) is 26.6. The third-order valence-corrected chi connectivity index (χ3v) is 4.79. The smallest absolute Gasteiger partial charge is 0.253 e. The number of Topliss-reactive ketones (excluding diaryl/α,β-unsaturated/α-hetero) is 1. The van der Waals surface area contributed by atoms with Gasteiger partial charge in [-0.15, -0.1) is 0 Å². The average Bonchev–Trinajstić information content (AvgIpc) is 2.46. The third-order valence-electron chi connectivity index (χ3n) is 4.79. The maximum atomic E-state index is 12.6. The van der Waals surface area contributed by atoms with Gasteiger partial charge in [-0.2, -0.15) is 5.26 Å². The Morgan fingerprint density at radius 1 is 1.30 bits per heavy atom. The lowest BCUT2D eigenvalue weighted by molar-refractivity contribution is -0.127. The molecular weight excluding hydrogens is 288 g/mol. The summed E-state index contributed by atoms with van der Waals surface area (Å²) in [5.41, 5.74) is 1.21. The standard InChI is InChI=1S/C19H20N2O2/c1-13-5-4-6-14(7-13)17(23)21-11-19(12-21)8-15(9-20)16(22)18(2,3)10-19/h4-8H,10-12H2,1-3H3. The van der Waals surface area contributed by atoms with Crippen molar-refractivity contribution < 1.29 is 9.59 Å². The highest BCUT2D eigenvalue weighted by molar-refractivity contribution is 6.04. The highest BCUT2D eigenvalue weighted by Gasteiger charge is 2.52. The van der Waals surface area contributed by atoms with Gasteiger partial charge in [0.25, 0.3) is 5.91 Å². The Morgan fingerprint density at radius 2 is 2.00 bits per heavy atom. The summed E-state index contributed by atoms with van der Waals surface area (Å²) in [6.07, 6.45) is 2.47. The van der Waals surface area contributed by atoms with Crippen LogP contribution in [0.3, 0.4) is 0 Å². The number of nitriles is 1. The van der Waals surface area contributed by atoms with E-state index in [1.165, 1.54) is 0 Å². The van der Waals surface area contributed by atoms with Crippen molar-refractivity contribution >= 4 is 11.7 Å². The minimum Gasteiger partial charge on any atom is -0.337 e. The van der Waals surface area contributed by atoms with E-state index >= 15 is 0 Å². The molecule has 0 N–H and O–H groups in total. The molecule has 0 saturated carbocycles. The molecule has 1 spiro atoms. The minimum absolute atomic E-state index is 0.0148. The molecule has 1 aromatic carbocycles. The molecule has 23 heavy (non-hydrogen) atoms. The monoisotopic (exact) mass is 308 g/mol. The fraction of sp³-hybridized carbons (Fsp3) is 0.421. The SMILES string of the molecule is Cc1cccc(C(=O)N2CC3(C=C(C#N)C(=O)C(C)(C)C3)C2)c1. The first-order valence-corrected chi connectivity index (χ1v) is 7.80. The van der Waals surface area contributed by atoms with Gasteiger partial charge in [-0.1, -0.05) is 37.6 Å². The number of allylic oxidation sites excluding steroid dienone is 1. The average molecular weight is 308 g/mol. The lowest BCUT2D eigenvalue weighted by atomic mass is 9.61. The number of benzene rings is 1. The molecule has 1 heterocycles. The van der Waals surface area contributed by atoms with Crippen molar-refractivity contribution in [2.45, 2.75) is 27.2 Å². The Bertz CT molecular complexity index is 762. The fourth-order valence-corrected chi connectivity index (χ4v) is 3.85. The molecule has 0 atom stereocenters. The molecule has 1 amide bonds. The van der Waals surface area contributed by atoms with Gasteiger partial charge in [-0.05, 0) is 25.5 Å². The number of carbonyl (C=O) groups excluding carboxylic acids is 2. The van der Waals surface area contributed by atoms with Crippen LogP contribution in [0.25, 0.3) is 0 Å². The van der Waals surface area contributed by atoms with Crippen molar-refractivity contribution in [3.05, 3.63) is 47.0 Å². The van der Waals surface area contributed by atoms with E-state index in [-0.39, 0.29) is 22.7 Å². The zero-order chi connectivity index (χ0) is 16.8. The number of aryl methyl sites for hydroxylation is 1. The van der Waals surface area contributed by atoms with Crippen molar-refractivity contribution in [2.75, 3.05) is 13.1 Å². The van der Waals surface area contributed by atoms with Crippen LogP contribution in [-0.4, -0.2) is 29.7 Å². The van der Waals surface area contributed by atoms with E-state index in [2.05, 4.69) is 0 Å². The molecule has 1 aliphatic heterocycles. The van der Waals surface area contributed by atoms with Crippen LogP contribution in [0.2, 0.25) is 0 Å². The van der Waals surface area contributed by atoms with Gasteiger partial charge >= 0.3 is 0 Å². The summed E-state index contributed by atoms with van der Waals surface area (Å²) >= 11 is 0. The lowest BCUT2D eigenvalue weighted by Gasteiger charge is -2.53. The van der Waals surface area contributed by atoms with Gasteiger partial charge in [-0.3, -0.25) is 9.59 Å². The number of rotatable bonds is 1. The Balaban J connectivity index is 1.80. The molecule has 4 heteroatoms. The molecule has 3 rings (SSSR count). The molecule has 4 nitrogen and oxygen atoms in total. The van der Waals surface area contributed by atoms with Crippen LogP contribution < -0.4 is 0 Å². The molecule has 0 aromatic heterocycles. The second-order valence-corrected chi connectivity index (χ2v) is 7.45. The number of hydrogen-bond acceptors (Lipinski definition) is 3. The first kappa shape index (κ1) is 15.5. The van der Waals surface area contributed by atoms with Gasteiger partial charge in [0.2, 0.25) is 0 Å². The lowest BCUT2D eigenvalue weighted by Crippen LogP contribution is -2.60. The maximum absolute atomic E-state index is 12.6. The van der Waals surface area contributed by atoms with Crippen LogP contribution in [-0.2, 0) is 4.79 Å². The Morgan fingerprint density at radius 3 is 2.61 bits per heavy atom. The van der Waals surface area contributed by atoms with E-state index in [0.29, 0.717) is 25.1 Å². The largest absolute Gasteiger partial charge is 0.337 e. The maximum Gasteiger partial charge on any atom is 0.253 e. The summed E-state index contributed by atoms with van der Waals surface area (Å²) in [6.45, 7) is 6.87. The fourth-order valence-electron chi connectivity index (χ4n) is 3.85. The van der Waals surface area contributed by atoms with Gasteiger partial charge in [0.1, 0.15) is 6.07 Å². The summed E-state index contributed by atoms with van der Waals surface area (Å²) in [6, 6.07) is 9.58. The predicted molar refractivity (Wildman–Crippen MR) is 86.6 cm³/mol. The number of ketones is 1. The van der Waals surface area contributed by atoms with Crippen molar-refractivity contribution in [3.8, 4) is 6.07 Å². The van der Waals surface area contributed by atoms with E-state index in [1.54, 1.807) is 11.0 Å². The second kappa shape index (κ2) is 5.06. The Kier molecular flexibility index (Phi) is 3.40. The third kappa shape index (κ3) is 2.57. The first-order chi connectivity index (χ1) is 10.8. The Labute approximate surface area is 136 Å². The van der Waals surface area contributed by atoms with Gasteiger partial charge in [0.15, 0.2) is 5.78 Å². The molecule has 1 aliphatic carbocycles. The summed E-state index contributed by atoms with van der Waals surface area (Å²) in [5.74, 6) is -0.0741. The van der Waals surface area contributed by atoms with E-state index < -0.39 is 5.41 Å². The van der Waals surface area contributed by atoms with E-state index in [9.17, 15) is 14.9 Å². The molecule has 0 radical (unpaired) electrons. The number of amides is 1. The minimum atomic E-state index is -0.543. The normalized spacial score (nSPS) is 21.4. The summed E-state index contributed by atoms with van der Waals surface area (Å²) in [5, 5.41) is 9.21. The molecule has 2 aliphatic rings. The zero-order valence-electron chi connectivity index (χ0n) is 13.7. The van der Waals surface area contributed by atoms with Crippen LogP contribution in [0.1, 0.15) is 36.2 Å². The van der Waals surface area contributed by atoms with Gasteiger partial charge < -0.3 is 4.90 Å². The van der Waals surface area contributed by atoms with Gasteiger partial charge in [-0.25, -0.2) is 0 Å². The van der Waals surface area contributed by atoms with Crippen LogP contribution in [0.15, 0.2) is 35.9 Å². The van der Waals surface area contributed by atoms with Crippen molar-refractivity contribution in [1.29, 1.82) is 5.26 Å². The van der Waals surface area contributed by atoms with E-state index in [4.69, 9.17) is 0 Å². The zero-order valence-corrected chi connectivity index (χ0v) is 13.7. The number of nitrogens with zero attached hydrogens (tertiary/aromatic N) is 2.